The van der Waals surface area contributed by atoms with E-state index in [0.717, 1.165) is 32.1 Å². The minimum absolute atomic E-state index is 0.0185. The van der Waals surface area contributed by atoms with Crippen LogP contribution in [0.1, 0.15) is 62.2 Å². The maximum atomic E-state index is 13.0. The number of likely N-dealkylation sites (tertiary alicyclic amines) is 1. The standard InChI is InChI=1S/C19H28N4O5S/c1-2-29(26,27)22-10-8-13-14(12-22)20-17(21-18(13)24)15-6-3-4-9-23(15)19(25)16-7-5-11-28-16/h15-16H,2-12H2,1H3,(H,20,21,24)/t15-,16-/m0/s1. The summed E-state index contributed by atoms with van der Waals surface area (Å²) in [6.07, 6.45) is 4.11. The molecule has 3 aliphatic heterocycles. The van der Waals surface area contributed by atoms with E-state index in [2.05, 4.69) is 9.97 Å². The molecule has 4 rings (SSSR count). The molecule has 1 aromatic rings. The van der Waals surface area contributed by atoms with Crippen LogP contribution in [-0.2, 0) is 32.5 Å². The number of hydrogen-bond acceptors (Lipinski definition) is 6. The smallest absolute Gasteiger partial charge is 0.254 e. The third-order valence-corrected chi connectivity index (χ3v) is 7.95. The largest absolute Gasteiger partial charge is 0.368 e. The zero-order chi connectivity index (χ0) is 20.6. The van der Waals surface area contributed by atoms with Crippen LogP contribution in [0.3, 0.4) is 0 Å². The topological polar surface area (TPSA) is 113 Å². The van der Waals surface area contributed by atoms with E-state index in [0.29, 0.717) is 43.2 Å². The average Bonchev–Trinajstić information content (AvgIpc) is 3.27. The molecule has 9 nitrogen and oxygen atoms in total. The van der Waals surface area contributed by atoms with Gasteiger partial charge in [0.1, 0.15) is 11.9 Å². The molecule has 0 bridgehead atoms. The molecular formula is C19H28N4O5S. The van der Waals surface area contributed by atoms with Crippen LogP contribution in [0.4, 0.5) is 0 Å². The van der Waals surface area contributed by atoms with Gasteiger partial charge in [-0.3, -0.25) is 9.59 Å². The van der Waals surface area contributed by atoms with Gasteiger partial charge in [0.25, 0.3) is 11.5 Å². The molecule has 4 heterocycles. The van der Waals surface area contributed by atoms with E-state index >= 15 is 0 Å². The van der Waals surface area contributed by atoms with Crippen LogP contribution < -0.4 is 5.56 Å². The number of aromatic amines is 1. The van der Waals surface area contributed by atoms with Crippen molar-refractivity contribution >= 4 is 15.9 Å². The van der Waals surface area contributed by atoms with Gasteiger partial charge in [-0.1, -0.05) is 0 Å². The molecule has 29 heavy (non-hydrogen) atoms. The van der Waals surface area contributed by atoms with Crippen molar-refractivity contribution in [1.82, 2.24) is 19.2 Å². The zero-order valence-corrected chi connectivity index (χ0v) is 17.5. The molecular weight excluding hydrogens is 396 g/mol. The highest BCUT2D eigenvalue weighted by Crippen LogP contribution is 2.31. The highest BCUT2D eigenvalue weighted by Gasteiger charge is 2.36. The number of H-pyrrole nitrogens is 1. The van der Waals surface area contributed by atoms with E-state index in [1.165, 1.54) is 4.31 Å². The first-order chi connectivity index (χ1) is 13.9. The number of carbonyl (C=O) groups is 1. The molecule has 2 saturated heterocycles. The van der Waals surface area contributed by atoms with Gasteiger partial charge in [0, 0.05) is 25.3 Å². The molecule has 3 aliphatic rings. The van der Waals surface area contributed by atoms with E-state index in [4.69, 9.17) is 4.74 Å². The van der Waals surface area contributed by atoms with E-state index in [1.54, 1.807) is 11.8 Å². The Bertz CT molecular complexity index is 938. The Morgan fingerprint density at radius 2 is 2.07 bits per heavy atom. The SMILES string of the molecule is CCS(=O)(=O)N1CCc2c(nc([C@@H]3CCCCN3C(=O)[C@@H]3CCCO3)[nH]c2=O)C1. The highest BCUT2D eigenvalue weighted by atomic mass is 32.2. The number of aromatic nitrogens is 2. The number of nitrogens with zero attached hydrogens (tertiary/aromatic N) is 3. The molecule has 0 saturated carbocycles. The lowest BCUT2D eigenvalue weighted by Gasteiger charge is -2.37. The van der Waals surface area contributed by atoms with Crippen LogP contribution in [0.25, 0.3) is 0 Å². The van der Waals surface area contributed by atoms with Gasteiger partial charge < -0.3 is 14.6 Å². The Morgan fingerprint density at radius 1 is 1.24 bits per heavy atom. The van der Waals surface area contributed by atoms with Gasteiger partial charge >= 0.3 is 0 Å². The van der Waals surface area contributed by atoms with Crippen molar-refractivity contribution < 1.29 is 17.9 Å². The van der Waals surface area contributed by atoms with Crippen molar-refractivity contribution in [1.29, 1.82) is 0 Å². The third kappa shape index (κ3) is 3.97. The van der Waals surface area contributed by atoms with Crippen LogP contribution in [0, 0.1) is 0 Å². The lowest BCUT2D eigenvalue weighted by atomic mass is 9.99. The van der Waals surface area contributed by atoms with Crippen molar-refractivity contribution in [2.24, 2.45) is 0 Å². The normalized spacial score (nSPS) is 25.8. The molecule has 1 aromatic heterocycles. The maximum Gasteiger partial charge on any atom is 0.254 e. The molecule has 10 heteroatoms. The maximum absolute atomic E-state index is 13.0. The fourth-order valence-electron chi connectivity index (χ4n) is 4.45. The number of hydrogen-bond donors (Lipinski definition) is 1. The number of ether oxygens (including phenoxy) is 1. The summed E-state index contributed by atoms with van der Waals surface area (Å²) in [4.78, 5) is 35.0. The lowest BCUT2D eigenvalue weighted by molar-refractivity contribution is -0.145. The molecule has 160 valence electrons. The number of carbonyl (C=O) groups excluding carboxylic acids is 1. The summed E-state index contributed by atoms with van der Waals surface area (Å²) >= 11 is 0. The van der Waals surface area contributed by atoms with E-state index in [9.17, 15) is 18.0 Å². The fourth-order valence-corrected chi connectivity index (χ4v) is 5.50. The molecule has 0 aromatic carbocycles. The van der Waals surface area contributed by atoms with Crippen molar-refractivity contribution in [3.8, 4) is 0 Å². The number of nitrogens with one attached hydrogen (secondary N) is 1. The molecule has 0 spiro atoms. The second-order valence-electron chi connectivity index (χ2n) is 7.91. The van der Waals surface area contributed by atoms with Crippen molar-refractivity contribution in [2.75, 3.05) is 25.4 Å². The van der Waals surface area contributed by atoms with E-state index in [-0.39, 0.29) is 29.8 Å². The fraction of sp³-hybridized carbons (Fsp3) is 0.737. The van der Waals surface area contributed by atoms with Crippen LogP contribution in [-0.4, -0.2) is 65.1 Å². The van der Waals surface area contributed by atoms with Crippen molar-refractivity contribution in [3.05, 3.63) is 27.4 Å². The van der Waals surface area contributed by atoms with Crippen molar-refractivity contribution in [3.63, 3.8) is 0 Å². The highest BCUT2D eigenvalue weighted by molar-refractivity contribution is 7.89. The first kappa shape index (κ1) is 20.5. The number of amides is 1. The third-order valence-electron chi connectivity index (χ3n) is 6.12. The molecule has 0 unspecified atom stereocenters. The van der Waals surface area contributed by atoms with Crippen LogP contribution in [0.5, 0.6) is 0 Å². The van der Waals surface area contributed by atoms with Gasteiger partial charge in [-0.15, -0.1) is 0 Å². The number of fused-ring (bicyclic) bond motifs is 1. The Morgan fingerprint density at radius 3 is 2.79 bits per heavy atom. The predicted molar refractivity (Wildman–Crippen MR) is 106 cm³/mol. The molecule has 2 fully saturated rings. The molecule has 0 aliphatic carbocycles. The Kier molecular flexibility index (Phi) is 5.76. The first-order valence-electron chi connectivity index (χ1n) is 10.4. The molecule has 1 N–H and O–H groups in total. The van der Waals surface area contributed by atoms with Gasteiger partial charge in [0.2, 0.25) is 10.0 Å². The Labute approximate surface area is 170 Å². The monoisotopic (exact) mass is 424 g/mol. The number of sulfonamides is 1. The quantitative estimate of drug-likeness (QED) is 0.762. The van der Waals surface area contributed by atoms with Crippen LogP contribution in [0.2, 0.25) is 0 Å². The summed E-state index contributed by atoms with van der Waals surface area (Å²) in [7, 11) is -3.35. The summed E-state index contributed by atoms with van der Waals surface area (Å²) in [6.45, 7) is 3.22. The Balaban J connectivity index is 1.64. The molecule has 0 radical (unpaired) electrons. The van der Waals surface area contributed by atoms with Crippen LogP contribution >= 0.6 is 0 Å². The molecule has 2 atom stereocenters. The average molecular weight is 425 g/mol. The van der Waals surface area contributed by atoms with Gasteiger partial charge in [0.15, 0.2) is 0 Å². The summed E-state index contributed by atoms with van der Waals surface area (Å²) in [6, 6.07) is -0.309. The summed E-state index contributed by atoms with van der Waals surface area (Å²) in [5.41, 5.74) is 0.819. The number of rotatable bonds is 4. The molecule has 1 amide bonds. The minimum Gasteiger partial charge on any atom is -0.368 e. The predicted octanol–water partition coefficient (Wildman–Crippen LogP) is 0.710. The first-order valence-corrected chi connectivity index (χ1v) is 12.0. The summed E-state index contributed by atoms with van der Waals surface area (Å²) in [5.74, 6) is 0.434. The summed E-state index contributed by atoms with van der Waals surface area (Å²) in [5, 5.41) is 0. The van der Waals surface area contributed by atoms with Crippen molar-refractivity contribution in [2.45, 2.75) is 64.1 Å². The second kappa shape index (κ2) is 8.16. The minimum atomic E-state index is -3.35. The van der Waals surface area contributed by atoms with Gasteiger partial charge in [-0.05, 0) is 45.4 Å². The zero-order valence-electron chi connectivity index (χ0n) is 16.7. The number of piperidine rings is 1. The van der Waals surface area contributed by atoms with Gasteiger partial charge in [-0.25, -0.2) is 13.4 Å². The van der Waals surface area contributed by atoms with E-state index in [1.807, 2.05) is 0 Å². The van der Waals surface area contributed by atoms with Gasteiger partial charge in [-0.2, -0.15) is 4.31 Å². The lowest BCUT2D eigenvalue weighted by Crippen LogP contribution is -2.45. The Hall–Kier alpha value is -1.78. The summed E-state index contributed by atoms with van der Waals surface area (Å²) < 4.78 is 31.5. The van der Waals surface area contributed by atoms with E-state index < -0.39 is 16.1 Å². The van der Waals surface area contributed by atoms with Gasteiger partial charge in [0.05, 0.1) is 24.0 Å². The second-order valence-corrected chi connectivity index (χ2v) is 10.2. The van der Waals surface area contributed by atoms with Crippen LogP contribution in [0.15, 0.2) is 4.79 Å².